The number of fused-ring (bicyclic) bond motifs is 3. The highest BCUT2D eigenvalue weighted by atomic mass is 32.2. The summed E-state index contributed by atoms with van der Waals surface area (Å²) >= 11 is 0. The first-order chi connectivity index (χ1) is 22.3. The van der Waals surface area contributed by atoms with Gasteiger partial charge in [0, 0.05) is 29.8 Å². The van der Waals surface area contributed by atoms with E-state index in [1.807, 2.05) is 41.3 Å². The largest absolute Gasteiger partial charge is 0.370 e. The van der Waals surface area contributed by atoms with Crippen molar-refractivity contribution in [2.45, 2.75) is 80.9 Å². The van der Waals surface area contributed by atoms with Gasteiger partial charge in [0.2, 0.25) is 15.9 Å². The maximum Gasteiger partial charge on any atom is 0.229 e. The maximum atomic E-state index is 14.4. The van der Waals surface area contributed by atoms with Crippen LogP contribution in [-0.4, -0.2) is 39.4 Å². The smallest absolute Gasteiger partial charge is 0.229 e. The summed E-state index contributed by atoms with van der Waals surface area (Å²) in [5, 5.41) is 9.62. The molecule has 5 aliphatic carbocycles. The Balaban J connectivity index is 1.03. The van der Waals surface area contributed by atoms with Crippen LogP contribution in [0, 0.1) is 22.2 Å². The molecule has 7 fully saturated rings. The number of rotatable bonds is 10. The molecule has 2 saturated heterocycles. The summed E-state index contributed by atoms with van der Waals surface area (Å²) in [6.45, 7) is 1.11. The van der Waals surface area contributed by atoms with Crippen molar-refractivity contribution in [1.82, 2.24) is 0 Å². The Morgan fingerprint density at radius 3 is 2.11 bits per heavy atom. The van der Waals surface area contributed by atoms with Crippen LogP contribution >= 0.6 is 0 Å². The molecule has 5 saturated carbocycles. The van der Waals surface area contributed by atoms with Crippen LogP contribution in [0.15, 0.2) is 72.8 Å². The molecule has 0 aromatic heterocycles. The number of anilines is 2. The number of sulfonamides is 1. The molecule has 0 atom stereocenters. The van der Waals surface area contributed by atoms with Gasteiger partial charge in [-0.05, 0) is 110 Å². The van der Waals surface area contributed by atoms with E-state index < -0.39 is 15.7 Å². The summed E-state index contributed by atoms with van der Waals surface area (Å²) in [7, 11) is -3.38. The van der Waals surface area contributed by atoms with Gasteiger partial charge in [-0.3, -0.25) is 9.52 Å². The minimum atomic E-state index is -3.38. The normalized spacial score (nSPS) is 31.2. The lowest BCUT2D eigenvalue weighted by Crippen LogP contribution is -2.65. The number of nitrogens with one attached hydrogen (secondary N) is 1. The molecule has 7 nitrogen and oxygen atoms in total. The molecule has 2 heterocycles. The second-order valence-electron chi connectivity index (χ2n) is 15.4. The molecule has 3 aromatic rings. The zero-order valence-electron chi connectivity index (χ0n) is 26.7. The summed E-state index contributed by atoms with van der Waals surface area (Å²) in [5.74, 6) is 0.0375. The predicted molar refractivity (Wildman–Crippen MR) is 179 cm³/mol. The first-order valence-electron chi connectivity index (χ1n) is 16.7. The number of ether oxygens (including phenoxy) is 1. The topological polar surface area (TPSA) is 99.5 Å². The SMILES string of the molecule is CS(=O)(=O)Nc1ccc(-c2cccc(N(CC34CCC(c5ccc(C6(C#N)CC6)cc5)(CC3)OC4)C(=O)CC34CC(F)(C3)C4)c2)cc1. The van der Waals surface area contributed by atoms with Gasteiger partial charge < -0.3 is 9.64 Å². The molecule has 0 spiro atoms. The van der Waals surface area contributed by atoms with E-state index in [0.29, 0.717) is 44.5 Å². The highest BCUT2D eigenvalue weighted by Gasteiger charge is 2.69. The van der Waals surface area contributed by atoms with Crippen LogP contribution in [0.3, 0.4) is 0 Å². The Morgan fingerprint density at radius 2 is 1.55 bits per heavy atom. The van der Waals surface area contributed by atoms with Crippen molar-refractivity contribution in [3.8, 4) is 17.2 Å². The van der Waals surface area contributed by atoms with E-state index in [2.05, 4.69) is 35.1 Å². The van der Waals surface area contributed by atoms with E-state index in [1.54, 1.807) is 12.1 Å². The Labute approximate surface area is 276 Å². The molecule has 1 amide bonds. The van der Waals surface area contributed by atoms with Crippen molar-refractivity contribution in [2.24, 2.45) is 10.8 Å². The monoisotopic (exact) mass is 653 g/mol. The zero-order valence-corrected chi connectivity index (χ0v) is 27.5. The number of hydrogen-bond acceptors (Lipinski definition) is 5. The third-order valence-corrected chi connectivity index (χ3v) is 12.4. The quantitative estimate of drug-likeness (QED) is 0.246. The second kappa shape index (κ2) is 10.4. The number of halogens is 1. The number of alkyl halides is 1. The fraction of sp³-hybridized carbons (Fsp3) is 0.474. The number of carbonyl (C=O) groups excluding carboxylic acids is 1. The van der Waals surface area contributed by atoms with Crippen LogP contribution in [0.4, 0.5) is 15.8 Å². The summed E-state index contributed by atoms with van der Waals surface area (Å²) in [6, 6.07) is 26.1. The van der Waals surface area contributed by atoms with Gasteiger partial charge in [-0.1, -0.05) is 48.5 Å². The van der Waals surface area contributed by atoms with Crippen molar-refractivity contribution in [1.29, 1.82) is 5.26 Å². The number of carbonyl (C=O) groups is 1. The minimum absolute atomic E-state index is 0.0375. The number of benzene rings is 3. The third-order valence-electron chi connectivity index (χ3n) is 11.8. The van der Waals surface area contributed by atoms with Crippen LogP contribution in [0.1, 0.15) is 75.3 Å². The van der Waals surface area contributed by atoms with E-state index in [4.69, 9.17) is 4.74 Å². The van der Waals surface area contributed by atoms with Crippen molar-refractivity contribution < 1.29 is 22.3 Å². The Morgan fingerprint density at radius 1 is 0.894 bits per heavy atom. The summed E-state index contributed by atoms with van der Waals surface area (Å²) in [5.41, 5.74) is 3.33. The maximum absolute atomic E-state index is 14.4. The van der Waals surface area contributed by atoms with Gasteiger partial charge in [-0.15, -0.1) is 0 Å². The van der Waals surface area contributed by atoms with Crippen molar-refractivity contribution in [3.05, 3.63) is 83.9 Å². The predicted octanol–water partition coefficient (Wildman–Crippen LogP) is 7.38. The second-order valence-corrected chi connectivity index (χ2v) is 17.1. The molecule has 1 N–H and O–H groups in total. The van der Waals surface area contributed by atoms with Gasteiger partial charge in [0.05, 0.1) is 29.9 Å². The molecule has 0 radical (unpaired) electrons. The minimum Gasteiger partial charge on any atom is -0.370 e. The first kappa shape index (κ1) is 30.6. The van der Waals surface area contributed by atoms with Crippen LogP contribution in [0.25, 0.3) is 11.1 Å². The van der Waals surface area contributed by atoms with E-state index >= 15 is 0 Å². The third kappa shape index (κ3) is 5.44. The highest BCUT2D eigenvalue weighted by Crippen LogP contribution is 2.71. The van der Waals surface area contributed by atoms with Gasteiger partial charge in [0.25, 0.3) is 0 Å². The van der Waals surface area contributed by atoms with Gasteiger partial charge in [-0.2, -0.15) is 5.26 Å². The fourth-order valence-corrected chi connectivity index (χ4v) is 9.51. The Bertz CT molecular complexity index is 1850. The van der Waals surface area contributed by atoms with Crippen molar-refractivity contribution >= 4 is 27.3 Å². The van der Waals surface area contributed by atoms with Gasteiger partial charge in [-0.25, -0.2) is 12.8 Å². The van der Waals surface area contributed by atoms with Crippen LogP contribution < -0.4 is 9.62 Å². The number of hydrogen-bond donors (Lipinski definition) is 1. The number of nitrogens with zero attached hydrogens (tertiary/aromatic N) is 2. The standard InChI is InChI=1S/C38H40FN3O4S/c1-47(44,45)41-31-11-5-27(6-12-31)28-3-2-4-32(19-28)42(33(43)20-35-21-37(39,22-35)23-35)25-34-13-17-38(18-14-34,46-26-34)30-9-7-29(8-10-30)36(24-40)15-16-36/h2-12,19,41H,13-18,20-23,25-26H2,1H3. The van der Waals surface area contributed by atoms with E-state index in [-0.39, 0.29) is 27.8 Å². The van der Waals surface area contributed by atoms with E-state index in [1.165, 1.54) is 5.56 Å². The molecule has 4 bridgehead atoms. The summed E-state index contributed by atoms with van der Waals surface area (Å²) < 4.78 is 47.0. The van der Waals surface area contributed by atoms with Gasteiger partial charge >= 0.3 is 0 Å². The molecule has 244 valence electrons. The van der Waals surface area contributed by atoms with Crippen molar-refractivity contribution in [2.75, 3.05) is 29.0 Å². The molecule has 47 heavy (non-hydrogen) atoms. The van der Waals surface area contributed by atoms with Crippen LogP contribution in [0.5, 0.6) is 0 Å². The average Bonchev–Trinajstić information content (AvgIpc) is 3.85. The molecule has 7 aliphatic rings. The lowest BCUT2D eigenvalue weighted by Gasteiger charge is -2.66. The van der Waals surface area contributed by atoms with Gasteiger partial charge in [0.1, 0.15) is 5.67 Å². The number of nitriles is 1. The fourth-order valence-electron chi connectivity index (χ4n) is 8.94. The molecule has 3 aromatic carbocycles. The lowest BCUT2D eigenvalue weighted by atomic mass is 9.41. The Kier molecular flexibility index (Phi) is 6.75. The molecular weight excluding hydrogens is 614 g/mol. The van der Waals surface area contributed by atoms with Crippen LogP contribution in [-0.2, 0) is 30.6 Å². The molecule has 2 aliphatic heterocycles. The molecule has 0 unspecified atom stereocenters. The number of amides is 1. The molecule has 9 heteroatoms. The zero-order chi connectivity index (χ0) is 32.7. The van der Waals surface area contributed by atoms with E-state index in [9.17, 15) is 22.9 Å². The summed E-state index contributed by atoms with van der Waals surface area (Å²) in [4.78, 5) is 16.1. The Hall–Kier alpha value is -3.74. The van der Waals surface area contributed by atoms with Gasteiger partial charge in [0.15, 0.2) is 0 Å². The lowest BCUT2D eigenvalue weighted by molar-refractivity contribution is -0.215. The first-order valence-corrected chi connectivity index (χ1v) is 18.6. The summed E-state index contributed by atoms with van der Waals surface area (Å²) in [6.07, 6.45) is 8.41. The average molecular weight is 654 g/mol. The van der Waals surface area contributed by atoms with Crippen LogP contribution in [0.2, 0.25) is 0 Å². The molecular formula is C38H40FN3O4S. The highest BCUT2D eigenvalue weighted by molar-refractivity contribution is 7.92. The van der Waals surface area contributed by atoms with E-state index in [0.717, 1.165) is 67.2 Å². The molecule has 10 rings (SSSR count). The van der Waals surface area contributed by atoms with Crippen molar-refractivity contribution in [3.63, 3.8) is 0 Å².